The number of hydrogen-bond donors (Lipinski definition) is 1. The second-order valence-electron chi connectivity index (χ2n) is 8.47. The second-order valence-corrected chi connectivity index (χ2v) is 10.5. The molecule has 1 aromatic carbocycles. The summed E-state index contributed by atoms with van der Waals surface area (Å²) in [5.74, 6) is 1.45. The van der Waals surface area contributed by atoms with Gasteiger partial charge in [0, 0.05) is 25.4 Å². The summed E-state index contributed by atoms with van der Waals surface area (Å²) in [7, 11) is -2.57. The number of benzene rings is 1. The van der Waals surface area contributed by atoms with E-state index in [4.69, 9.17) is 25.8 Å². The number of hydrogen-bond acceptors (Lipinski definition) is 9. The molecule has 0 saturated carbocycles. The third-order valence-corrected chi connectivity index (χ3v) is 7.17. The van der Waals surface area contributed by atoms with Crippen LogP contribution in [0.1, 0.15) is 31.0 Å². The van der Waals surface area contributed by atoms with E-state index in [1.807, 2.05) is 18.7 Å². The van der Waals surface area contributed by atoms with Gasteiger partial charge in [0.05, 0.1) is 31.0 Å². The van der Waals surface area contributed by atoms with Crippen LogP contribution in [0.15, 0.2) is 41.6 Å². The van der Waals surface area contributed by atoms with Crippen LogP contribution in [0.3, 0.4) is 0 Å². The lowest BCUT2D eigenvalue weighted by Gasteiger charge is -2.27. The van der Waals surface area contributed by atoms with Crippen molar-refractivity contribution >= 4 is 33.4 Å². The molecule has 3 aromatic rings. The van der Waals surface area contributed by atoms with Crippen LogP contribution in [0, 0.1) is 6.92 Å². The normalized spacial score (nSPS) is 14.1. The average Bonchev–Trinajstić information content (AvgIpc) is 2.87. The molecule has 36 heavy (non-hydrogen) atoms. The molecule has 1 fully saturated rings. The van der Waals surface area contributed by atoms with Gasteiger partial charge in [-0.1, -0.05) is 31.5 Å². The fraction of sp³-hybridized carbons (Fsp3) is 0.375. The van der Waals surface area contributed by atoms with Crippen molar-refractivity contribution in [2.45, 2.75) is 31.7 Å². The van der Waals surface area contributed by atoms with Gasteiger partial charge in [-0.3, -0.25) is 4.72 Å². The van der Waals surface area contributed by atoms with E-state index in [0.717, 1.165) is 5.56 Å². The van der Waals surface area contributed by atoms with E-state index >= 15 is 0 Å². The molecule has 1 N–H and O–H groups in total. The maximum Gasteiger partial charge on any atom is 0.280 e. The zero-order chi connectivity index (χ0) is 25.9. The standard InChI is InChI=1S/C24H28ClN5O5S/c1-15(2)17-5-8-21(26-14-17)36(31,32)29-23-22(35-20-13-18(33-4)6-7-19(20)25)16(3)27-24(28-23)30-9-11-34-12-10-30/h5-8,13-15H,9-12H2,1-4H3,(H,27,28,29). The van der Waals surface area contributed by atoms with Gasteiger partial charge in [-0.25, -0.2) is 9.97 Å². The Morgan fingerprint density at radius 1 is 1.14 bits per heavy atom. The minimum absolute atomic E-state index is 0.0300. The summed E-state index contributed by atoms with van der Waals surface area (Å²) in [5.41, 5.74) is 1.35. The molecule has 0 bridgehead atoms. The van der Waals surface area contributed by atoms with Crippen molar-refractivity contribution < 1.29 is 22.6 Å². The van der Waals surface area contributed by atoms with E-state index in [0.29, 0.717) is 48.7 Å². The number of anilines is 2. The van der Waals surface area contributed by atoms with Gasteiger partial charge in [0.15, 0.2) is 16.6 Å². The molecule has 10 nitrogen and oxygen atoms in total. The monoisotopic (exact) mass is 533 g/mol. The Labute approximate surface area is 215 Å². The molecule has 1 aliphatic heterocycles. The lowest BCUT2D eigenvalue weighted by molar-refractivity contribution is 0.122. The third-order valence-electron chi connectivity index (χ3n) is 5.60. The fourth-order valence-corrected chi connectivity index (χ4v) is 4.61. The molecule has 1 saturated heterocycles. The van der Waals surface area contributed by atoms with Crippen molar-refractivity contribution in [1.82, 2.24) is 15.0 Å². The zero-order valence-electron chi connectivity index (χ0n) is 20.5. The summed E-state index contributed by atoms with van der Waals surface area (Å²) in [6.45, 7) is 7.92. The Hall–Kier alpha value is -3.15. The molecule has 0 unspecified atom stereocenters. The van der Waals surface area contributed by atoms with Gasteiger partial charge in [0.1, 0.15) is 11.5 Å². The van der Waals surface area contributed by atoms with Crippen LogP contribution in [-0.2, 0) is 14.8 Å². The molecule has 2 aromatic heterocycles. The highest BCUT2D eigenvalue weighted by Gasteiger charge is 2.25. The Kier molecular flexibility index (Phi) is 7.82. The molecule has 0 amide bonds. The average molecular weight is 534 g/mol. The number of methoxy groups -OCH3 is 1. The van der Waals surface area contributed by atoms with E-state index in [1.54, 1.807) is 37.4 Å². The highest BCUT2D eigenvalue weighted by atomic mass is 35.5. The SMILES string of the molecule is COc1ccc(Cl)c(Oc2c(C)nc(N3CCOCC3)nc2NS(=O)(=O)c2ccc(C(C)C)cn2)c1. The lowest BCUT2D eigenvalue weighted by Crippen LogP contribution is -2.37. The maximum atomic E-state index is 13.3. The first-order chi connectivity index (χ1) is 17.2. The van der Waals surface area contributed by atoms with Gasteiger partial charge in [0.2, 0.25) is 5.95 Å². The van der Waals surface area contributed by atoms with Gasteiger partial charge >= 0.3 is 0 Å². The van der Waals surface area contributed by atoms with E-state index in [1.165, 1.54) is 13.2 Å². The molecule has 3 heterocycles. The number of halogens is 1. The topological polar surface area (TPSA) is 116 Å². The van der Waals surface area contributed by atoms with Crippen LogP contribution in [0.5, 0.6) is 17.2 Å². The minimum Gasteiger partial charge on any atom is -0.497 e. The highest BCUT2D eigenvalue weighted by Crippen LogP contribution is 2.38. The number of ether oxygens (including phenoxy) is 3. The number of nitrogens with zero attached hydrogens (tertiary/aromatic N) is 4. The highest BCUT2D eigenvalue weighted by molar-refractivity contribution is 7.92. The first-order valence-electron chi connectivity index (χ1n) is 11.4. The van der Waals surface area contributed by atoms with Gasteiger partial charge in [-0.05, 0) is 36.6 Å². The molecule has 12 heteroatoms. The van der Waals surface area contributed by atoms with Crippen molar-refractivity contribution in [2.75, 3.05) is 43.0 Å². The summed E-state index contributed by atoms with van der Waals surface area (Å²) in [4.78, 5) is 15.2. The van der Waals surface area contributed by atoms with Crippen molar-refractivity contribution in [3.05, 3.63) is 52.8 Å². The van der Waals surface area contributed by atoms with Crippen molar-refractivity contribution in [1.29, 1.82) is 0 Å². The Morgan fingerprint density at radius 3 is 2.53 bits per heavy atom. The quantitative estimate of drug-likeness (QED) is 0.449. The number of sulfonamides is 1. The number of morpholine rings is 1. The number of rotatable bonds is 8. The molecule has 4 rings (SSSR count). The summed E-state index contributed by atoms with van der Waals surface area (Å²) in [6.07, 6.45) is 1.55. The van der Waals surface area contributed by atoms with Crippen molar-refractivity contribution in [3.8, 4) is 17.2 Å². The molecule has 0 atom stereocenters. The van der Waals surface area contributed by atoms with Crippen LogP contribution < -0.4 is 19.1 Å². The molecule has 0 spiro atoms. The Morgan fingerprint density at radius 2 is 1.89 bits per heavy atom. The fourth-order valence-electron chi connectivity index (χ4n) is 3.51. The molecule has 192 valence electrons. The third kappa shape index (κ3) is 5.80. The molecular weight excluding hydrogens is 506 g/mol. The molecule has 0 radical (unpaired) electrons. The summed E-state index contributed by atoms with van der Waals surface area (Å²) in [6, 6.07) is 8.12. The molecule has 0 aliphatic carbocycles. The first kappa shape index (κ1) is 25.9. The van der Waals surface area contributed by atoms with Crippen molar-refractivity contribution in [3.63, 3.8) is 0 Å². The largest absolute Gasteiger partial charge is 0.497 e. The number of aromatic nitrogens is 3. The van der Waals surface area contributed by atoms with E-state index in [9.17, 15) is 8.42 Å². The lowest BCUT2D eigenvalue weighted by atomic mass is 10.1. The number of pyridine rings is 1. The van der Waals surface area contributed by atoms with Gasteiger partial charge in [-0.2, -0.15) is 13.4 Å². The smallest absolute Gasteiger partial charge is 0.280 e. The van der Waals surface area contributed by atoms with Crippen LogP contribution in [0.25, 0.3) is 0 Å². The molecule has 1 aliphatic rings. The van der Waals surface area contributed by atoms with E-state index in [-0.39, 0.29) is 28.3 Å². The van der Waals surface area contributed by atoms with E-state index < -0.39 is 10.0 Å². The van der Waals surface area contributed by atoms with Gasteiger partial charge in [0.25, 0.3) is 10.0 Å². The van der Waals surface area contributed by atoms with E-state index in [2.05, 4.69) is 19.7 Å². The van der Waals surface area contributed by atoms with Crippen LogP contribution in [0.2, 0.25) is 5.02 Å². The summed E-state index contributed by atoms with van der Waals surface area (Å²) >= 11 is 6.34. The van der Waals surface area contributed by atoms with Crippen molar-refractivity contribution in [2.24, 2.45) is 0 Å². The van der Waals surface area contributed by atoms with Gasteiger partial charge < -0.3 is 19.1 Å². The van der Waals surface area contributed by atoms with Crippen LogP contribution in [0.4, 0.5) is 11.8 Å². The first-order valence-corrected chi connectivity index (χ1v) is 13.3. The van der Waals surface area contributed by atoms with Gasteiger partial charge in [-0.15, -0.1) is 0 Å². The Balaban J connectivity index is 1.75. The van der Waals surface area contributed by atoms with Crippen LogP contribution in [-0.4, -0.2) is 56.8 Å². The zero-order valence-corrected chi connectivity index (χ0v) is 22.1. The minimum atomic E-state index is -4.09. The predicted molar refractivity (Wildman–Crippen MR) is 137 cm³/mol. The molecular formula is C24H28ClN5O5S. The van der Waals surface area contributed by atoms with Crippen LogP contribution >= 0.6 is 11.6 Å². The predicted octanol–water partition coefficient (Wildman–Crippen LogP) is 4.40. The summed E-state index contributed by atoms with van der Waals surface area (Å²) < 4.78 is 45.9. The maximum absolute atomic E-state index is 13.3. The number of aryl methyl sites for hydroxylation is 1. The Bertz CT molecular complexity index is 1330. The second kappa shape index (κ2) is 10.9. The summed E-state index contributed by atoms with van der Waals surface area (Å²) in [5, 5.41) is 0.175. The number of nitrogens with one attached hydrogen (secondary N) is 1.